The van der Waals surface area contributed by atoms with Crippen LogP contribution in [0, 0.1) is 0 Å². The molecule has 1 amide bonds. The van der Waals surface area contributed by atoms with Crippen LogP contribution >= 0.6 is 0 Å². The maximum atomic E-state index is 12.9. The highest BCUT2D eigenvalue weighted by atomic mass is 16.5. The van der Waals surface area contributed by atoms with Crippen molar-refractivity contribution in [2.45, 2.75) is 19.4 Å². The normalized spacial score (nSPS) is 11.4. The lowest BCUT2D eigenvalue weighted by Gasteiger charge is -2.23. The minimum Gasteiger partial charge on any atom is -0.453 e. The molecule has 0 fully saturated rings. The molecular weight excluding hydrogens is 406 g/mol. The number of ether oxygens (including phenoxy) is 1. The molecule has 1 unspecified atom stereocenters. The fourth-order valence-electron chi connectivity index (χ4n) is 3.36. The number of amides is 1. The second-order valence-corrected chi connectivity index (χ2v) is 7.27. The van der Waals surface area contributed by atoms with Crippen molar-refractivity contribution in [1.82, 2.24) is 0 Å². The summed E-state index contributed by atoms with van der Waals surface area (Å²) in [5.41, 5.74) is 2.15. The molecular formula is C26H25NO5. The molecule has 0 saturated heterocycles. The lowest BCUT2D eigenvalue weighted by molar-refractivity contribution is -0.156. The fraction of sp³-hybridized carbons (Fsp3) is 0.192. The van der Waals surface area contributed by atoms with Crippen LogP contribution in [0.2, 0.25) is 0 Å². The zero-order valence-corrected chi connectivity index (χ0v) is 17.8. The molecule has 1 atom stereocenters. The summed E-state index contributed by atoms with van der Waals surface area (Å²) in [5.74, 6) is -1.67. The standard InChI is InChI=1S/C26H25NO5/c1-19(28)22-14-8-9-15-23(22)25(30)26(31)32-18-24(29)27(21-12-6-3-7-13-21)17-16-20-10-4-2-5-11-20/h2-15,25,30H,16-18H2,1H3. The molecule has 6 nitrogen and oxygen atoms in total. The number of anilines is 1. The minimum atomic E-state index is -1.66. The van der Waals surface area contributed by atoms with Crippen LogP contribution in [0.1, 0.15) is 34.5 Å². The summed E-state index contributed by atoms with van der Waals surface area (Å²) in [6.07, 6.45) is -1.03. The van der Waals surface area contributed by atoms with Gasteiger partial charge in [0, 0.05) is 23.4 Å². The second-order valence-electron chi connectivity index (χ2n) is 7.27. The lowest BCUT2D eigenvalue weighted by Crippen LogP contribution is -2.37. The number of carbonyl (C=O) groups excluding carboxylic acids is 3. The van der Waals surface area contributed by atoms with Crippen molar-refractivity contribution < 1.29 is 24.2 Å². The number of hydrogen-bond donors (Lipinski definition) is 1. The number of Topliss-reactive ketones (excluding diaryl/α,β-unsaturated/α-hetero) is 1. The number of benzene rings is 3. The Morgan fingerprint density at radius 1 is 0.875 bits per heavy atom. The molecule has 0 saturated carbocycles. The van der Waals surface area contributed by atoms with Gasteiger partial charge >= 0.3 is 5.97 Å². The van der Waals surface area contributed by atoms with Gasteiger partial charge in [-0.25, -0.2) is 4.79 Å². The van der Waals surface area contributed by atoms with Crippen molar-refractivity contribution in [3.05, 3.63) is 102 Å². The van der Waals surface area contributed by atoms with Gasteiger partial charge in [0.25, 0.3) is 5.91 Å². The van der Waals surface area contributed by atoms with Gasteiger partial charge in [0.2, 0.25) is 0 Å². The van der Waals surface area contributed by atoms with Gasteiger partial charge in [-0.2, -0.15) is 0 Å². The number of nitrogens with zero attached hydrogens (tertiary/aromatic N) is 1. The summed E-state index contributed by atoms with van der Waals surface area (Å²) in [4.78, 5) is 38.6. The van der Waals surface area contributed by atoms with E-state index >= 15 is 0 Å². The molecule has 0 aromatic heterocycles. The SMILES string of the molecule is CC(=O)c1ccccc1C(O)C(=O)OCC(=O)N(CCc1ccccc1)c1ccccc1. The van der Waals surface area contributed by atoms with Crippen molar-refractivity contribution >= 4 is 23.3 Å². The number of carbonyl (C=O) groups is 3. The number of hydrogen-bond acceptors (Lipinski definition) is 5. The molecule has 0 aliphatic rings. The topological polar surface area (TPSA) is 83.9 Å². The van der Waals surface area contributed by atoms with Crippen LogP contribution in [0.4, 0.5) is 5.69 Å². The summed E-state index contributed by atoms with van der Waals surface area (Å²) >= 11 is 0. The molecule has 3 rings (SSSR count). The van der Waals surface area contributed by atoms with Crippen LogP contribution in [-0.4, -0.2) is 35.9 Å². The van der Waals surface area contributed by atoms with Gasteiger partial charge in [-0.15, -0.1) is 0 Å². The van der Waals surface area contributed by atoms with E-state index in [0.717, 1.165) is 5.56 Å². The molecule has 1 N–H and O–H groups in total. The van der Waals surface area contributed by atoms with Crippen molar-refractivity contribution in [3.8, 4) is 0 Å². The fourth-order valence-corrected chi connectivity index (χ4v) is 3.36. The highest BCUT2D eigenvalue weighted by molar-refractivity contribution is 5.98. The zero-order chi connectivity index (χ0) is 22.9. The van der Waals surface area contributed by atoms with E-state index in [9.17, 15) is 19.5 Å². The van der Waals surface area contributed by atoms with Crippen LogP contribution in [-0.2, 0) is 20.7 Å². The van der Waals surface area contributed by atoms with Gasteiger partial charge in [0.1, 0.15) is 0 Å². The Bertz CT molecular complexity index is 1070. The van der Waals surface area contributed by atoms with Gasteiger partial charge in [-0.1, -0.05) is 72.8 Å². The quantitative estimate of drug-likeness (QED) is 0.412. The van der Waals surface area contributed by atoms with Crippen LogP contribution < -0.4 is 4.90 Å². The monoisotopic (exact) mass is 431 g/mol. The summed E-state index contributed by atoms with van der Waals surface area (Å²) in [6.45, 7) is 1.23. The lowest BCUT2D eigenvalue weighted by atomic mass is 10.00. The van der Waals surface area contributed by atoms with E-state index in [0.29, 0.717) is 18.7 Å². The van der Waals surface area contributed by atoms with E-state index in [2.05, 4.69) is 0 Å². The van der Waals surface area contributed by atoms with E-state index < -0.39 is 24.6 Å². The van der Waals surface area contributed by atoms with Gasteiger partial charge in [0.15, 0.2) is 18.5 Å². The predicted molar refractivity (Wildman–Crippen MR) is 121 cm³/mol. The molecule has 0 aliphatic heterocycles. The molecule has 32 heavy (non-hydrogen) atoms. The van der Waals surface area contributed by atoms with Crippen molar-refractivity contribution in [3.63, 3.8) is 0 Å². The van der Waals surface area contributed by atoms with E-state index in [-0.39, 0.29) is 16.9 Å². The number of aliphatic hydroxyl groups is 1. The molecule has 164 valence electrons. The number of aliphatic hydroxyl groups excluding tert-OH is 1. The Labute approximate surface area is 187 Å². The van der Waals surface area contributed by atoms with E-state index in [4.69, 9.17) is 4.74 Å². The average Bonchev–Trinajstić information content (AvgIpc) is 2.83. The second kappa shape index (κ2) is 11.0. The Kier molecular flexibility index (Phi) is 7.89. The van der Waals surface area contributed by atoms with E-state index in [1.165, 1.54) is 19.1 Å². The first-order valence-electron chi connectivity index (χ1n) is 10.3. The largest absolute Gasteiger partial charge is 0.453 e. The average molecular weight is 431 g/mol. The summed E-state index contributed by atoms with van der Waals surface area (Å²) < 4.78 is 5.12. The molecule has 0 bridgehead atoms. The Morgan fingerprint density at radius 2 is 1.47 bits per heavy atom. The molecule has 0 radical (unpaired) electrons. The first kappa shape index (κ1) is 22.9. The third kappa shape index (κ3) is 5.89. The van der Waals surface area contributed by atoms with Crippen molar-refractivity contribution in [2.24, 2.45) is 0 Å². The van der Waals surface area contributed by atoms with Crippen LogP contribution in [0.15, 0.2) is 84.9 Å². The van der Waals surface area contributed by atoms with Crippen LogP contribution in [0.3, 0.4) is 0 Å². The number of esters is 1. The predicted octanol–water partition coefficient (Wildman–Crippen LogP) is 3.74. The highest BCUT2D eigenvalue weighted by Crippen LogP contribution is 2.20. The number of para-hydroxylation sites is 1. The van der Waals surface area contributed by atoms with Crippen LogP contribution in [0.25, 0.3) is 0 Å². The molecule has 3 aromatic rings. The van der Waals surface area contributed by atoms with Crippen molar-refractivity contribution in [1.29, 1.82) is 0 Å². The molecule has 3 aromatic carbocycles. The summed E-state index contributed by atoms with van der Waals surface area (Å²) in [6, 6.07) is 25.2. The van der Waals surface area contributed by atoms with Gasteiger partial charge in [0.05, 0.1) is 0 Å². The van der Waals surface area contributed by atoms with Gasteiger partial charge in [-0.05, 0) is 31.0 Å². The summed E-state index contributed by atoms with van der Waals surface area (Å²) in [7, 11) is 0. The van der Waals surface area contributed by atoms with Gasteiger partial charge in [-0.3, -0.25) is 9.59 Å². The van der Waals surface area contributed by atoms with Gasteiger partial charge < -0.3 is 14.7 Å². The van der Waals surface area contributed by atoms with Crippen LogP contribution in [0.5, 0.6) is 0 Å². The third-order valence-corrected chi connectivity index (χ3v) is 5.03. The maximum Gasteiger partial charge on any atom is 0.340 e. The van der Waals surface area contributed by atoms with E-state index in [1.54, 1.807) is 17.0 Å². The first-order valence-corrected chi connectivity index (χ1v) is 10.3. The Hall–Kier alpha value is -3.77. The summed E-state index contributed by atoms with van der Waals surface area (Å²) in [5, 5.41) is 10.4. The molecule has 6 heteroatoms. The van der Waals surface area contributed by atoms with E-state index in [1.807, 2.05) is 60.7 Å². The molecule has 0 heterocycles. The minimum absolute atomic E-state index is 0.154. The zero-order valence-electron chi connectivity index (χ0n) is 17.8. The Balaban J connectivity index is 1.68. The Morgan fingerprint density at radius 3 is 2.12 bits per heavy atom. The first-order chi connectivity index (χ1) is 15.5. The number of rotatable bonds is 9. The molecule has 0 spiro atoms. The number of ketones is 1. The maximum absolute atomic E-state index is 12.9. The smallest absolute Gasteiger partial charge is 0.340 e. The highest BCUT2D eigenvalue weighted by Gasteiger charge is 2.25. The molecule has 0 aliphatic carbocycles. The van der Waals surface area contributed by atoms with Crippen molar-refractivity contribution in [2.75, 3.05) is 18.1 Å². The third-order valence-electron chi connectivity index (χ3n) is 5.03.